The van der Waals surface area contributed by atoms with Crippen LogP contribution in [0.15, 0.2) is 0 Å². The van der Waals surface area contributed by atoms with Crippen LogP contribution in [-0.4, -0.2) is 5.78 Å². The summed E-state index contributed by atoms with van der Waals surface area (Å²) in [6, 6.07) is 0. The zero-order chi connectivity index (χ0) is 13.5. The third kappa shape index (κ3) is 2.76. The van der Waals surface area contributed by atoms with Gasteiger partial charge in [-0.15, -0.1) is 0 Å². The van der Waals surface area contributed by atoms with Crippen molar-refractivity contribution in [3.05, 3.63) is 0 Å². The number of hydrogen-bond donors (Lipinski definition) is 0. The van der Waals surface area contributed by atoms with E-state index in [4.69, 9.17) is 0 Å². The molecule has 0 aliphatic heterocycles. The van der Waals surface area contributed by atoms with Crippen molar-refractivity contribution in [3.63, 3.8) is 0 Å². The predicted molar refractivity (Wildman–Crippen MR) is 78.9 cm³/mol. The summed E-state index contributed by atoms with van der Waals surface area (Å²) in [6.45, 7) is 4.46. The second-order valence-corrected chi connectivity index (χ2v) is 8.02. The molecule has 0 radical (unpaired) electrons. The third-order valence-corrected chi connectivity index (χ3v) is 6.41. The number of rotatable bonds is 6. The topological polar surface area (TPSA) is 17.1 Å². The molecular weight excluding hydrogens is 232 g/mol. The Morgan fingerprint density at radius 2 is 1.47 bits per heavy atom. The normalized spacial score (nSPS) is 40.1. The first-order valence-electron chi connectivity index (χ1n) is 8.64. The minimum Gasteiger partial charge on any atom is -0.300 e. The Kier molecular flexibility index (Phi) is 3.75. The minimum absolute atomic E-state index is 0.456. The monoisotopic (exact) mass is 262 g/mol. The van der Waals surface area contributed by atoms with E-state index in [1.54, 1.807) is 0 Å². The van der Waals surface area contributed by atoms with Gasteiger partial charge >= 0.3 is 0 Å². The molecule has 0 atom stereocenters. The van der Waals surface area contributed by atoms with Gasteiger partial charge in [0, 0.05) is 12.8 Å². The Bertz CT molecular complexity index is 304. The van der Waals surface area contributed by atoms with Gasteiger partial charge in [0.15, 0.2) is 0 Å². The molecule has 0 unspecified atom stereocenters. The molecule has 108 valence electrons. The molecule has 4 saturated carbocycles. The van der Waals surface area contributed by atoms with Gasteiger partial charge in [0.1, 0.15) is 5.78 Å². The fraction of sp³-hybridized carbons (Fsp3) is 0.944. The molecule has 0 amide bonds. The van der Waals surface area contributed by atoms with Crippen molar-refractivity contribution in [3.8, 4) is 0 Å². The van der Waals surface area contributed by atoms with E-state index in [0.29, 0.717) is 17.1 Å². The van der Waals surface area contributed by atoms with Gasteiger partial charge in [0.05, 0.1) is 0 Å². The molecule has 1 nitrogen and oxygen atoms in total. The largest absolute Gasteiger partial charge is 0.300 e. The molecule has 4 aliphatic rings. The van der Waals surface area contributed by atoms with Crippen molar-refractivity contribution >= 4 is 5.78 Å². The molecule has 1 heteroatoms. The first-order valence-corrected chi connectivity index (χ1v) is 8.64. The fourth-order valence-corrected chi connectivity index (χ4v) is 5.90. The van der Waals surface area contributed by atoms with Crippen LogP contribution in [-0.2, 0) is 4.79 Å². The lowest BCUT2D eigenvalue weighted by atomic mass is 9.48. The van der Waals surface area contributed by atoms with Gasteiger partial charge in [0.25, 0.3) is 0 Å². The Morgan fingerprint density at radius 3 is 1.89 bits per heavy atom. The second kappa shape index (κ2) is 5.22. The molecule has 0 saturated heterocycles. The Labute approximate surface area is 118 Å². The number of Topliss-reactive ketones (excluding diaryl/α,β-unsaturated/α-hetero) is 1. The molecule has 4 fully saturated rings. The van der Waals surface area contributed by atoms with E-state index >= 15 is 0 Å². The highest BCUT2D eigenvalue weighted by Crippen LogP contribution is 2.61. The molecule has 0 aromatic carbocycles. The van der Waals surface area contributed by atoms with E-state index in [0.717, 1.165) is 30.6 Å². The van der Waals surface area contributed by atoms with Crippen LogP contribution in [0.1, 0.15) is 78.1 Å². The average molecular weight is 262 g/mol. The summed E-state index contributed by atoms with van der Waals surface area (Å²) in [5, 5.41) is 0. The highest BCUT2D eigenvalue weighted by molar-refractivity contribution is 5.79. The van der Waals surface area contributed by atoms with Gasteiger partial charge in [-0.25, -0.2) is 0 Å². The van der Waals surface area contributed by atoms with Gasteiger partial charge in [-0.2, -0.15) is 0 Å². The number of carbonyl (C=O) groups excluding carboxylic acids is 1. The average Bonchev–Trinajstić information content (AvgIpc) is 2.33. The third-order valence-electron chi connectivity index (χ3n) is 6.41. The van der Waals surface area contributed by atoms with Crippen LogP contribution in [0.25, 0.3) is 0 Å². The van der Waals surface area contributed by atoms with E-state index in [1.165, 1.54) is 51.4 Å². The Morgan fingerprint density at radius 1 is 1.00 bits per heavy atom. The maximum Gasteiger partial charge on any atom is 0.133 e. The molecule has 0 heterocycles. The first-order chi connectivity index (χ1) is 9.12. The van der Waals surface area contributed by atoms with Gasteiger partial charge in [-0.3, -0.25) is 4.79 Å². The van der Waals surface area contributed by atoms with Gasteiger partial charge in [0.2, 0.25) is 0 Å². The van der Waals surface area contributed by atoms with Gasteiger partial charge < -0.3 is 0 Å². The molecule has 0 spiro atoms. The molecule has 19 heavy (non-hydrogen) atoms. The van der Waals surface area contributed by atoms with E-state index in [-0.39, 0.29) is 0 Å². The smallest absolute Gasteiger partial charge is 0.133 e. The van der Waals surface area contributed by atoms with Crippen molar-refractivity contribution in [2.45, 2.75) is 78.1 Å². The molecule has 4 rings (SSSR count). The van der Waals surface area contributed by atoms with Crippen LogP contribution in [0.3, 0.4) is 0 Å². The number of carbonyl (C=O) groups is 1. The fourth-order valence-electron chi connectivity index (χ4n) is 5.90. The molecule has 0 aromatic rings. The predicted octanol–water partition coefficient (Wildman–Crippen LogP) is 4.99. The molecule has 4 bridgehead atoms. The Hall–Kier alpha value is -0.330. The van der Waals surface area contributed by atoms with Crippen molar-refractivity contribution < 1.29 is 4.79 Å². The van der Waals surface area contributed by atoms with Crippen LogP contribution < -0.4 is 0 Å². The summed E-state index contributed by atoms with van der Waals surface area (Å²) in [6.07, 6.45) is 12.7. The number of hydrogen-bond acceptors (Lipinski definition) is 1. The van der Waals surface area contributed by atoms with Crippen molar-refractivity contribution in [1.82, 2.24) is 0 Å². The summed E-state index contributed by atoms with van der Waals surface area (Å²) < 4.78 is 0. The summed E-state index contributed by atoms with van der Waals surface area (Å²) in [5.74, 6) is 4.16. The van der Waals surface area contributed by atoms with E-state index in [1.807, 2.05) is 0 Å². The standard InChI is InChI=1S/C18H30O/c1-3-13(4-2)8-17(19)12-18-9-14-5-15(10-18)7-16(6-14)11-18/h13-16H,3-12H2,1-2H3. The second-order valence-electron chi connectivity index (χ2n) is 8.02. The lowest BCUT2D eigenvalue weighted by Crippen LogP contribution is -2.46. The SMILES string of the molecule is CCC(CC)CC(=O)CC12CC3CC(CC(C3)C1)C2. The quantitative estimate of drug-likeness (QED) is 0.659. The highest BCUT2D eigenvalue weighted by Gasteiger charge is 2.51. The van der Waals surface area contributed by atoms with E-state index in [2.05, 4.69) is 13.8 Å². The zero-order valence-electron chi connectivity index (χ0n) is 12.8. The lowest BCUT2D eigenvalue weighted by molar-refractivity contribution is -0.128. The van der Waals surface area contributed by atoms with Crippen molar-refractivity contribution in [2.24, 2.45) is 29.1 Å². The lowest BCUT2D eigenvalue weighted by Gasteiger charge is -2.56. The van der Waals surface area contributed by atoms with E-state index < -0.39 is 0 Å². The zero-order valence-corrected chi connectivity index (χ0v) is 12.8. The van der Waals surface area contributed by atoms with Crippen LogP contribution in [0.2, 0.25) is 0 Å². The summed E-state index contributed by atoms with van der Waals surface area (Å²) in [7, 11) is 0. The van der Waals surface area contributed by atoms with Crippen molar-refractivity contribution in [1.29, 1.82) is 0 Å². The summed E-state index contributed by atoms with van der Waals surface area (Å²) in [5.41, 5.74) is 0.456. The van der Waals surface area contributed by atoms with Crippen LogP contribution in [0.5, 0.6) is 0 Å². The van der Waals surface area contributed by atoms with Crippen LogP contribution in [0.4, 0.5) is 0 Å². The maximum atomic E-state index is 12.5. The molecule has 0 aromatic heterocycles. The molecule has 0 N–H and O–H groups in total. The van der Waals surface area contributed by atoms with Crippen LogP contribution in [0, 0.1) is 29.1 Å². The minimum atomic E-state index is 0.456. The number of ketones is 1. The Balaban J connectivity index is 1.61. The highest BCUT2D eigenvalue weighted by atomic mass is 16.1. The molecular formula is C18H30O. The van der Waals surface area contributed by atoms with Gasteiger partial charge in [-0.05, 0) is 67.6 Å². The summed E-state index contributed by atoms with van der Waals surface area (Å²) in [4.78, 5) is 12.5. The first kappa shape index (κ1) is 13.6. The van der Waals surface area contributed by atoms with Crippen LogP contribution >= 0.6 is 0 Å². The molecule has 4 aliphatic carbocycles. The van der Waals surface area contributed by atoms with Crippen molar-refractivity contribution in [2.75, 3.05) is 0 Å². The maximum absolute atomic E-state index is 12.5. The van der Waals surface area contributed by atoms with Gasteiger partial charge in [-0.1, -0.05) is 26.7 Å². The van der Waals surface area contributed by atoms with E-state index in [9.17, 15) is 4.79 Å². The summed E-state index contributed by atoms with van der Waals surface area (Å²) >= 11 is 0.